The summed E-state index contributed by atoms with van der Waals surface area (Å²) in [6.07, 6.45) is 0. The average Bonchev–Trinajstić information content (AvgIpc) is 2.52. The van der Waals surface area contributed by atoms with Gasteiger partial charge in [-0.2, -0.15) is 0 Å². The molecule has 0 heterocycles. The molecule has 0 spiro atoms. The molecule has 106 valence electrons. The Morgan fingerprint density at radius 3 is 2.33 bits per heavy atom. The Hall–Kier alpha value is -2.73. The van der Waals surface area contributed by atoms with Crippen LogP contribution >= 0.6 is 0 Å². The Morgan fingerprint density at radius 2 is 1.71 bits per heavy atom. The quantitative estimate of drug-likeness (QED) is 0.875. The lowest BCUT2D eigenvalue weighted by Crippen LogP contribution is -2.23. The van der Waals surface area contributed by atoms with Gasteiger partial charge in [0, 0.05) is 30.9 Å². The molecule has 0 aromatic heterocycles. The van der Waals surface area contributed by atoms with Crippen LogP contribution in [0.15, 0.2) is 54.6 Å². The normalized spacial score (nSPS) is 9.43. The molecule has 2 aromatic rings. The first kappa shape index (κ1) is 14.7. The average molecular weight is 278 g/mol. The summed E-state index contributed by atoms with van der Waals surface area (Å²) in [6.45, 7) is 0.336. The van der Waals surface area contributed by atoms with E-state index >= 15 is 0 Å². The summed E-state index contributed by atoms with van der Waals surface area (Å²) in [5.74, 6) is 5.84. The predicted molar refractivity (Wildman–Crippen MR) is 86.4 cm³/mol. The highest BCUT2D eigenvalue weighted by Gasteiger charge is 2.04. The third-order valence-electron chi connectivity index (χ3n) is 2.99. The molecule has 0 aliphatic carbocycles. The molecule has 0 aliphatic rings. The van der Waals surface area contributed by atoms with Crippen LogP contribution in [-0.4, -0.2) is 26.5 Å². The molecule has 0 radical (unpaired) electrons. The van der Waals surface area contributed by atoms with Gasteiger partial charge < -0.3 is 10.2 Å². The van der Waals surface area contributed by atoms with Crippen molar-refractivity contribution in [3.63, 3.8) is 0 Å². The minimum absolute atomic E-state index is 0.109. The smallest absolute Gasteiger partial charge is 0.252 e. The van der Waals surface area contributed by atoms with Crippen molar-refractivity contribution in [1.29, 1.82) is 0 Å². The lowest BCUT2D eigenvalue weighted by molar-refractivity contribution is 0.0958. The number of amides is 1. The second-order valence-electron chi connectivity index (χ2n) is 4.79. The van der Waals surface area contributed by atoms with Crippen LogP contribution in [0.4, 0.5) is 5.69 Å². The molecule has 21 heavy (non-hydrogen) atoms. The van der Waals surface area contributed by atoms with E-state index in [0.717, 1.165) is 11.3 Å². The molecule has 0 fully saturated rings. The van der Waals surface area contributed by atoms with Crippen molar-refractivity contribution in [1.82, 2.24) is 5.32 Å². The molecule has 0 saturated carbocycles. The minimum atomic E-state index is -0.109. The second-order valence-corrected chi connectivity index (χ2v) is 4.79. The van der Waals surface area contributed by atoms with E-state index in [1.165, 1.54) is 0 Å². The summed E-state index contributed by atoms with van der Waals surface area (Å²) in [4.78, 5) is 13.9. The number of nitrogens with one attached hydrogen (secondary N) is 1. The van der Waals surface area contributed by atoms with Crippen molar-refractivity contribution in [3.05, 3.63) is 65.7 Å². The maximum atomic E-state index is 11.9. The van der Waals surface area contributed by atoms with Crippen molar-refractivity contribution < 1.29 is 4.79 Å². The molecule has 0 atom stereocenters. The fraction of sp³-hybridized carbons (Fsp3) is 0.167. The fourth-order valence-corrected chi connectivity index (χ4v) is 1.81. The van der Waals surface area contributed by atoms with Gasteiger partial charge in [-0.15, -0.1) is 0 Å². The van der Waals surface area contributed by atoms with Gasteiger partial charge in [-0.25, -0.2) is 0 Å². The summed E-state index contributed by atoms with van der Waals surface area (Å²) < 4.78 is 0. The number of benzene rings is 2. The number of nitrogens with zero attached hydrogens (tertiary/aromatic N) is 1. The van der Waals surface area contributed by atoms with E-state index in [-0.39, 0.29) is 5.91 Å². The molecule has 1 amide bonds. The van der Waals surface area contributed by atoms with E-state index in [1.54, 1.807) is 0 Å². The van der Waals surface area contributed by atoms with E-state index in [0.29, 0.717) is 12.1 Å². The summed E-state index contributed by atoms with van der Waals surface area (Å²) in [5.41, 5.74) is 2.65. The second kappa shape index (κ2) is 7.16. The SMILES string of the molecule is CN(C)c1ccc(C(=O)NCC#Cc2ccccc2)cc1. The Morgan fingerprint density at radius 1 is 1.05 bits per heavy atom. The van der Waals surface area contributed by atoms with Crippen LogP contribution in [0, 0.1) is 11.8 Å². The molecular formula is C18H18N2O. The summed E-state index contributed by atoms with van der Waals surface area (Å²) in [6, 6.07) is 17.2. The Balaban J connectivity index is 1.89. The van der Waals surface area contributed by atoms with Gasteiger partial charge in [0.15, 0.2) is 0 Å². The van der Waals surface area contributed by atoms with Gasteiger partial charge in [-0.1, -0.05) is 30.0 Å². The van der Waals surface area contributed by atoms with E-state index in [1.807, 2.05) is 73.6 Å². The molecule has 0 saturated heterocycles. The first-order valence-corrected chi connectivity index (χ1v) is 6.76. The number of hydrogen-bond donors (Lipinski definition) is 1. The first-order valence-electron chi connectivity index (χ1n) is 6.76. The number of carbonyl (C=O) groups excluding carboxylic acids is 1. The standard InChI is InChI=1S/C18H18N2O/c1-20(2)17-12-10-16(11-13-17)18(21)19-14-6-9-15-7-4-3-5-8-15/h3-5,7-8,10-13H,14H2,1-2H3,(H,19,21). The van der Waals surface area contributed by atoms with E-state index in [4.69, 9.17) is 0 Å². The first-order chi connectivity index (χ1) is 10.2. The number of anilines is 1. The van der Waals surface area contributed by atoms with Crippen molar-refractivity contribution in [3.8, 4) is 11.8 Å². The van der Waals surface area contributed by atoms with Gasteiger partial charge in [0.05, 0.1) is 6.54 Å². The number of carbonyl (C=O) groups is 1. The van der Waals surface area contributed by atoms with Gasteiger partial charge >= 0.3 is 0 Å². The summed E-state index contributed by atoms with van der Waals surface area (Å²) in [7, 11) is 3.93. The summed E-state index contributed by atoms with van der Waals surface area (Å²) >= 11 is 0. The van der Waals surface area contributed by atoms with Crippen LogP contribution in [-0.2, 0) is 0 Å². The highest BCUT2D eigenvalue weighted by atomic mass is 16.1. The highest BCUT2D eigenvalue weighted by Crippen LogP contribution is 2.11. The van der Waals surface area contributed by atoms with Crippen LogP contribution in [0.2, 0.25) is 0 Å². The van der Waals surface area contributed by atoms with Gasteiger partial charge in [0.2, 0.25) is 0 Å². The Bertz CT molecular complexity index is 649. The molecule has 2 rings (SSSR count). The van der Waals surface area contributed by atoms with Gasteiger partial charge in [0.25, 0.3) is 5.91 Å². The van der Waals surface area contributed by atoms with Crippen LogP contribution in [0.5, 0.6) is 0 Å². The van der Waals surface area contributed by atoms with Crippen molar-refractivity contribution in [2.45, 2.75) is 0 Å². The van der Waals surface area contributed by atoms with E-state index in [2.05, 4.69) is 17.2 Å². The zero-order chi connectivity index (χ0) is 15.1. The maximum absolute atomic E-state index is 11.9. The zero-order valence-electron chi connectivity index (χ0n) is 12.3. The molecule has 1 N–H and O–H groups in total. The monoisotopic (exact) mass is 278 g/mol. The predicted octanol–water partition coefficient (Wildman–Crippen LogP) is 2.53. The minimum Gasteiger partial charge on any atom is -0.378 e. The third-order valence-corrected chi connectivity index (χ3v) is 2.99. The molecular weight excluding hydrogens is 260 g/mol. The van der Waals surface area contributed by atoms with E-state index in [9.17, 15) is 4.79 Å². The zero-order valence-corrected chi connectivity index (χ0v) is 12.3. The van der Waals surface area contributed by atoms with Crippen molar-refractivity contribution in [2.24, 2.45) is 0 Å². The fourth-order valence-electron chi connectivity index (χ4n) is 1.81. The number of rotatable bonds is 3. The van der Waals surface area contributed by atoms with Gasteiger partial charge in [-0.05, 0) is 36.4 Å². The van der Waals surface area contributed by atoms with Crippen LogP contribution in [0.3, 0.4) is 0 Å². The Labute approximate surface area is 125 Å². The molecule has 3 nitrogen and oxygen atoms in total. The van der Waals surface area contributed by atoms with E-state index < -0.39 is 0 Å². The molecule has 0 aliphatic heterocycles. The lowest BCUT2D eigenvalue weighted by atomic mass is 10.2. The highest BCUT2D eigenvalue weighted by molar-refractivity contribution is 5.94. The Kier molecular flexibility index (Phi) is 5.00. The maximum Gasteiger partial charge on any atom is 0.252 e. The number of hydrogen-bond acceptors (Lipinski definition) is 2. The van der Waals surface area contributed by atoms with Crippen molar-refractivity contribution >= 4 is 11.6 Å². The molecule has 0 bridgehead atoms. The van der Waals surface area contributed by atoms with Gasteiger partial charge in [-0.3, -0.25) is 4.79 Å². The van der Waals surface area contributed by atoms with Crippen LogP contribution in [0.1, 0.15) is 15.9 Å². The van der Waals surface area contributed by atoms with Crippen molar-refractivity contribution in [2.75, 3.05) is 25.5 Å². The molecule has 2 aromatic carbocycles. The topological polar surface area (TPSA) is 32.3 Å². The summed E-state index contributed by atoms with van der Waals surface area (Å²) in [5, 5.41) is 2.79. The molecule has 0 unspecified atom stereocenters. The third kappa shape index (κ3) is 4.39. The lowest BCUT2D eigenvalue weighted by Gasteiger charge is -2.12. The largest absolute Gasteiger partial charge is 0.378 e. The molecule has 3 heteroatoms. The van der Waals surface area contributed by atoms with Crippen LogP contribution < -0.4 is 10.2 Å². The van der Waals surface area contributed by atoms with Crippen LogP contribution in [0.25, 0.3) is 0 Å². The van der Waals surface area contributed by atoms with Gasteiger partial charge in [0.1, 0.15) is 0 Å².